The van der Waals surface area contributed by atoms with E-state index in [2.05, 4.69) is 9.80 Å². The summed E-state index contributed by atoms with van der Waals surface area (Å²) in [6.07, 6.45) is 3.60. The Morgan fingerprint density at radius 3 is 1.42 bits per heavy atom. The highest BCUT2D eigenvalue weighted by atomic mass is 16.1. The zero-order valence-electron chi connectivity index (χ0n) is 19.7. The number of hydrogen-bond acceptors (Lipinski definition) is 6. The van der Waals surface area contributed by atoms with Crippen molar-refractivity contribution in [1.82, 2.24) is 18.8 Å². The van der Waals surface area contributed by atoms with Gasteiger partial charge in [-0.05, 0) is 52.0 Å². The first-order valence-electron chi connectivity index (χ1n) is 11.5. The molecular weight excluding hydrogens is 416 g/mol. The molecule has 0 fully saturated rings. The molecule has 172 valence electrons. The van der Waals surface area contributed by atoms with Crippen molar-refractivity contribution in [2.75, 3.05) is 36.0 Å². The van der Waals surface area contributed by atoms with Crippen LogP contribution in [-0.2, 0) is 6.42 Å². The molecule has 0 bridgehead atoms. The molecule has 4 rings (SSSR count). The van der Waals surface area contributed by atoms with Crippen molar-refractivity contribution in [2.24, 2.45) is 0 Å². The van der Waals surface area contributed by atoms with Gasteiger partial charge in [0.25, 0.3) is 11.1 Å². The average molecular weight is 447 g/mol. The summed E-state index contributed by atoms with van der Waals surface area (Å²) in [5, 5.41) is 0. The highest BCUT2D eigenvalue weighted by Gasteiger charge is 2.23. The zero-order chi connectivity index (χ0) is 23.5. The summed E-state index contributed by atoms with van der Waals surface area (Å²) in [7, 11) is 0. The van der Waals surface area contributed by atoms with E-state index >= 15 is 0 Å². The first kappa shape index (κ1) is 22.5. The molecule has 33 heavy (non-hydrogen) atoms. The predicted octanol–water partition coefficient (Wildman–Crippen LogP) is 2.99. The number of nitrogens with zero attached hydrogens (tertiary/aromatic N) is 6. The van der Waals surface area contributed by atoms with Crippen LogP contribution in [0.25, 0.3) is 11.3 Å². The fraction of sp³-hybridized carbons (Fsp3) is 0.360. The molecule has 0 saturated heterocycles. The van der Waals surface area contributed by atoms with Crippen LogP contribution in [0.4, 0.5) is 11.6 Å². The molecule has 0 spiro atoms. The molecule has 0 aliphatic carbocycles. The Bertz CT molecular complexity index is 1290. The maximum absolute atomic E-state index is 13.6. The lowest BCUT2D eigenvalue weighted by Crippen LogP contribution is -2.33. The Morgan fingerprint density at radius 1 is 0.667 bits per heavy atom. The highest BCUT2D eigenvalue weighted by Crippen LogP contribution is 2.23. The van der Waals surface area contributed by atoms with Gasteiger partial charge >= 0.3 is 0 Å². The number of rotatable bonds is 8. The highest BCUT2D eigenvalue weighted by molar-refractivity contribution is 5.59. The van der Waals surface area contributed by atoms with E-state index in [4.69, 9.17) is 9.97 Å². The van der Waals surface area contributed by atoms with Gasteiger partial charge in [-0.25, -0.2) is 9.97 Å². The summed E-state index contributed by atoms with van der Waals surface area (Å²) in [4.78, 5) is 41.1. The third-order valence-corrected chi connectivity index (χ3v) is 6.09. The second-order valence-electron chi connectivity index (χ2n) is 7.82. The van der Waals surface area contributed by atoms with Crippen LogP contribution < -0.4 is 20.9 Å². The molecular formula is C25H30N6O2. The molecule has 8 nitrogen and oxygen atoms in total. The first-order valence-corrected chi connectivity index (χ1v) is 11.5. The van der Waals surface area contributed by atoms with Gasteiger partial charge in [0.1, 0.15) is 22.9 Å². The Hall–Kier alpha value is -3.68. The Kier molecular flexibility index (Phi) is 6.44. The smallest absolute Gasteiger partial charge is 0.263 e. The number of aromatic nitrogens is 4. The fourth-order valence-electron chi connectivity index (χ4n) is 4.28. The van der Waals surface area contributed by atoms with Gasteiger partial charge in [-0.2, -0.15) is 0 Å². The van der Waals surface area contributed by atoms with Crippen molar-refractivity contribution in [1.29, 1.82) is 0 Å². The molecule has 0 N–H and O–H groups in total. The van der Waals surface area contributed by atoms with Crippen LogP contribution in [0.15, 0.2) is 58.4 Å². The molecule has 0 aromatic carbocycles. The summed E-state index contributed by atoms with van der Waals surface area (Å²) in [5.74, 6) is 1.25. The average Bonchev–Trinajstić information content (AvgIpc) is 2.84. The van der Waals surface area contributed by atoms with E-state index in [9.17, 15) is 9.59 Å². The zero-order valence-corrected chi connectivity index (χ0v) is 19.7. The quantitative estimate of drug-likeness (QED) is 0.414. The van der Waals surface area contributed by atoms with Crippen molar-refractivity contribution in [3.8, 4) is 0 Å². The molecule has 4 heterocycles. The van der Waals surface area contributed by atoms with E-state index in [0.717, 1.165) is 0 Å². The number of hydrogen-bond donors (Lipinski definition) is 0. The van der Waals surface area contributed by atoms with E-state index in [-0.39, 0.29) is 17.5 Å². The molecule has 0 radical (unpaired) electrons. The lowest BCUT2D eigenvalue weighted by molar-refractivity contribution is 0.808. The summed E-state index contributed by atoms with van der Waals surface area (Å²) in [6.45, 7) is 11.0. The minimum Gasteiger partial charge on any atom is -0.357 e. The van der Waals surface area contributed by atoms with Crippen molar-refractivity contribution in [3.63, 3.8) is 0 Å². The SMILES string of the molecule is CCN(CC)c1nc2ccccn2c(=O)c1Cc1c(N(CC)CC)nc2ccccn2c1=O. The van der Waals surface area contributed by atoms with Gasteiger partial charge in [0.05, 0.1) is 11.1 Å². The molecule has 0 amide bonds. The summed E-state index contributed by atoms with van der Waals surface area (Å²) < 4.78 is 3.09. The third kappa shape index (κ3) is 3.97. The van der Waals surface area contributed by atoms with Crippen LogP contribution in [0.5, 0.6) is 0 Å². The minimum atomic E-state index is -0.162. The largest absolute Gasteiger partial charge is 0.357 e. The lowest BCUT2D eigenvalue weighted by atomic mass is 10.1. The van der Waals surface area contributed by atoms with Gasteiger partial charge in [-0.1, -0.05) is 12.1 Å². The monoisotopic (exact) mass is 446 g/mol. The van der Waals surface area contributed by atoms with Crippen LogP contribution in [0.1, 0.15) is 38.8 Å². The van der Waals surface area contributed by atoms with Gasteiger partial charge in [-0.15, -0.1) is 0 Å². The maximum Gasteiger partial charge on any atom is 0.263 e. The van der Waals surface area contributed by atoms with Gasteiger partial charge < -0.3 is 9.80 Å². The van der Waals surface area contributed by atoms with Crippen molar-refractivity contribution < 1.29 is 0 Å². The maximum atomic E-state index is 13.6. The number of anilines is 2. The van der Waals surface area contributed by atoms with Crippen LogP contribution in [-0.4, -0.2) is 44.9 Å². The van der Waals surface area contributed by atoms with Crippen LogP contribution in [0.2, 0.25) is 0 Å². The Labute approximate surface area is 192 Å². The fourth-order valence-corrected chi connectivity index (χ4v) is 4.28. The van der Waals surface area contributed by atoms with E-state index in [0.29, 0.717) is 60.2 Å². The van der Waals surface area contributed by atoms with E-state index in [1.807, 2.05) is 64.1 Å². The molecule has 4 aromatic heterocycles. The molecule has 0 saturated carbocycles. The standard InChI is InChI=1S/C25H30N6O2/c1-5-28(6-2)22-18(24(32)30-15-11-9-13-20(30)26-22)17-19-23(29(7-3)8-4)27-21-14-10-12-16-31(21)25(19)33/h9-16H,5-8,17H2,1-4H3. The van der Waals surface area contributed by atoms with Crippen molar-refractivity contribution >= 4 is 22.9 Å². The van der Waals surface area contributed by atoms with Gasteiger partial charge in [0, 0.05) is 45.0 Å². The molecule has 0 atom stereocenters. The van der Waals surface area contributed by atoms with Crippen LogP contribution in [0.3, 0.4) is 0 Å². The predicted molar refractivity (Wildman–Crippen MR) is 133 cm³/mol. The summed E-state index contributed by atoms with van der Waals surface area (Å²) in [6, 6.07) is 11.0. The summed E-state index contributed by atoms with van der Waals surface area (Å²) in [5.41, 5.74) is 1.86. The van der Waals surface area contributed by atoms with Crippen LogP contribution in [0, 0.1) is 0 Å². The summed E-state index contributed by atoms with van der Waals surface area (Å²) >= 11 is 0. The van der Waals surface area contributed by atoms with Crippen molar-refractivity contribution in [3.05, 3.63) is 80.6 Å². The second kappa shape index (κ2) is 9.44. The van der Waals surface area contributed by atoms with Gasteiger partial charge in [0.2, 0.25) is 0 Å². The van der Waals surface area contributed by atoms with Crippen molar-refractivity contribution in [2.45, 2.75) is 34.1 Å². The molecule has 0 aliphatic rings. The topological polar surface area (TPSA) is 75.2 Å². The number of fused-ring (bicyclic) bond motifs is 2. The molecule has 0 aliphatic heterocycles. The molecule has 0 unspecified atom stereocenters. The molecule has 8 heteroatoms. The third-order valence-electron chi connectivity index (χ3n) is 6.09. The van der Waals surface area contributed by atoms with Gasteiger partial charge in [-0.3, -0.25) is 18.4 Å². The van der Waals surface area contributed by atoms with Crippen LogP contribution >= 0.6 is 0 Å². The first-order chi connectivity index (χ1) is 16.0. The lowest BCUT2D eigenvalue weighted by Gasteiger charge is -2.25. The number of pyridine rings is 2. The normalized spacial score (nSPS) is 11.3. The van der Waals surface area contributed by atoms with E-state index in [1.165, 1.54) is 0 Å². The Balaban J connectivity index is 2.02. The minimum absolute atomic E-state index is 0.158. The van der Waals surface area contributed by atoms with E-state index in [1.54, 1.807) is 21.2 Å². The Morgan fingerprint density at radius 2 is 1.06 bits per heavy atom. The molecule has 4 aromatic rings. The van der Waals surface area contributed by atoms with E-state index < -0.39 is 0 Å². The van der Waals surface area contributed by atoms with Gasteiger partial charge in [0.15, 0.2) is 0 Å². The second-order valence-corrected chi connectivity index (χ2v) is 7.82.